The number of rotatable bonds is 6. The molecule has 1 unspecified atom stereocenters. The van der Waals surface area contributed by atoms with Gasteiger partial charge in [0.05, 0.1) is 17.9 Å². The smallest absolute Gasteiger partial charge is 0.238 e. The zero-order valence-electron chi connectivity index (χ0n) is 17.3. The van der Waals surface area contributed by atoms with Crippen molar-refractivity contribution in [1.29, 1.82) is 0 Å². The first-order valence-electron chi connectivity index (χ1n) is 11.2. The van der Waals surface area contributed by atoms with E-state index in [1.165, 1.54) is 30.4 Å². The van der Waals surface area contributed by atoms with Crippen LogP contribution in [0.2, 0.25) is 0 Å². The summed E-state index contributed by atoms with van der Waals surface area (Å²) in [6.45, 7) is 1.12. The number of carbonyl (C=O) groups excluding carboxylic acids is 2. The maximum Gasteiger partial charge on any atom is 0.238 e. The Kier molecular flexibility index (Phi) is 5.30. The van der Waals surface area contributed by atoms with Gasteiger partial charge in [0.25, 0.3) is 0 Å². The maximum absolute atomic E-state index is 13.1. The Morgan fingerprint density at radius 2 is 1.80 bits per heavy atom. The largest absolute Gasteiger partial charge is 0.323 e. The third-order valence-corrected chi connectivity index (χ3v) is 6.62. The molecule has 3 aliphatic rings. The molecule has 1 N–H and O–H groups in total. The van der Waals surface area contributed by atoms with Gasteiger partial charge in [-0.1, -0.05) is 36.4 Å². The molecule has 1 saturated carbocycles. The number of carbonyl (C=O) groups is 2. The highest BCUT2D eigenvalue weighted by molar-refractivity contribution is 6.02. The predicted octanol–water partition coefficient (Wildman–Crippen LogP) is 4.29. The Bertz CT molecular complexity index is 953. The van der Waals surface area contributed by atoms with E-state index in [1.54, 1.807) is 4.90 Å². The summed E-state index contributed by atoms with van der Waals surface area (Å²) in [5, 5.41) is 3.11. The lowest BCUT2D eigenvalue weighted by Crippen LogP contribution is -2.39. The molecule has 2 aromatic rings. The number of anilines is 2. The zero-order valence-corrected chi connectivity index (χ0v) is 17.3. The lowest BCUT2D eigenvalue weighted by atomic mass is 9.86. The SMILES string of the molecule is O=C(CN(C1CC1)C1CCCc2ccccc21)Nc1ccccc1N1CCCC1=O. The van der Waals surface area contributed by atoms with Crippen molar-refractivity contribution >= 4 is 23.2 Å². The van der Waals surface area contributed by atoms with Crippen molar-refractivity contribution in [3.8, 4) is 0 Å². The summed E-state index contributed by atoms with van der Waals surface area (Å²) in [5.41, 5.74) is 4.37. The second-order valence-corrected chi connectivity index (χ2v) is 8.72. The summed E-state index contributed by atoms with van der Waals surface area (Å²) in [7, 11) is 0. The van der Waals surface area contributed by atoms with Crippen molar-refractivity contribution < 1.29 is 9.59 Å². The quantitative estimate of drug-likeness (QED) is 0.783. The molecule has 0 radical (unpaired) electrons. The molecule has 0 bridgehead atoms. The fourth-order valence-electron chi connectivity index (χ4n) is 5.05. The molecule has 1 atom stereocenters. The Morgan fingerprint density at radius 1 is 1.00 bits per heavy atom. The topological polar surface area (TPSA) is 52.7 Å². The monoisotopic (exact) mass is 403 g/mol. The first-order valence-corrected chi connectivity index (χ1v) is 11.2. The predicted molar refractivity (Wildman–Crippen MR) is 119 cm³/mol. The summed E-state index contributed by atoms with van der Waals surface area (Å²) >= 11 is 0. The summed E-state index contributed by atoms with van der Waals surface area (Å²) in [6.07, 6.45) is 7.22. The van der Waals surface area contributed by atoms with Crippen LogP contribution in [0.25, 0.3) is 0 Å². The minimum Gasteiger partial charge on any atom is -0.323 e. The van der Waals surface area contributed by atoms with E-state index in [0.29, 0.717) is 25.0 Å². The minimum absolute atomic E-state index is 0.00375. The van der Waals surface area contributed by atoms with Gasteiger partial charge < -0.3 is 10.2 Å². The summed E-state index contributed by atoms with van der Waals surface area (Å²) in [4.78, 5) is 29.5. The van der Waals surface area contributed by atoms with Crippen LogP contribution >= 0.6 is 0 Å². The third-order valence-electron chi connectivity index (χ3n) is 6.62. The van der Waals surface area contributed by atoms with E-state index in [1.807, 2.05) is 24.3 Å². The molecule has 156 valence electrons. The van der Waals surface area contributed by atoms with E-state index in [-0.39, 0.29) is 11.8 Å². The number of amides is 2. The molecule has 2 fully saturated rings. The second kappa shape index (κ2) is 8.23. The summed E-state index contributed by atoms with van der Waals surface area (Å²) in [6, 6.07) is 17.2. The zero-order chi connectivity index (χ0) is 20.5. The van der Waals surface area contributed by atoms with E-state index in [0.717, 1.165) is 37.2 Å². The Hall–Kier alpha value is -2.66. The lowest BCUT2D eigenvalue weighted by Gasteiger charge is -2.35. The average molecular weight is 404 g/mol. The van der Waals surface area contributed by atoms with Crippen molar-refractivity contribution in [2.24, 2.45) is 0 Å². The van der Waals surface area contributed by atoms with Crippen LogP contribution in [0.4, 0.5) is 11.4 Å². The van der Waals surface area contributed by atoms with Crippen molar-refractivity contribution in [2.45, 2.75) is 57.0 Å². The van der Waals surface area contributed by atoms with Crippen LogP contribution < -0.4 is 10.2 Å². The van der Waals surface area contributed by atoms with E-state index in [4.69, 9.17) is 0 Å². The van der Waals surface area contributed by atoms with E-state index in [2.05, 4.69) is 34.5 Å². The molecule has 1 aliphatic heterocycles. The van der Waals surface area contributed by atoms with Crippen molar-refractivity contribution in [3.63, 3.8) is 0 Å². The summed E-state index contributed by atoms with van der Waals surface area (Å²) < 4.78 is 0. The van der Waals surface area contributed by atoms with Gasteiger partial charge in [0, 0.05) is 25.0 Å². The summed E-state index contributed by atoms with van der Waals surface area (Å²) in [5.74, 6) is 0.138. The van der Waals surface area contributed by atoms with Gasteiger partial charge in [-0.05, 0) is 61.8 Å². The molecule has 0 spiro atoms. The van der Waals surface area contributed by atoms with Gasteiger partial charge in [0.1, 0.15) is 0 Å². The molecule has 1 heterocycles. The molecule has 5 nitrogen and oxygen atoms in total. The maximum atomic E-state index is 13.1. The number of fused-ring (bicyclic) bond motifs is 1. The second-order valence-electron chi connectivity index (χ2n) is 8.72. The van der Waals surface area contributed by atoms with Crippen LogP contribution in [0.3, 0.4) is 0 Å². The van der Waals surface area contributed by atoms with Gasteiger partial charge in [0.2, 0.25) is 11.8 Å². The number of hydrogen-bond acceptors (Lipinski definition) is 3. The Labute approximate surface area is 178 Å². The highest BCUT2D eigenvalue weighted by Gasteiger charge is 2.37. The lowest BCUT2D eigenvalue weighted by molar-refractivity contribution is -0.118. The van der Waals surface area contributed by atoms with Crippen LogP contribution in [0.1, 0.15) is 55.7 Å². The van der Waals surface area contributed by atoms with Crippen LogP contribution in [-0.2, 0) is 16.0 Å². The van der Waals surface area contributed by atoms with Crippen LogP contribution in [0.15, 0.2) is 48.5 Å². The molecule has 5 heteroatoms. The Balaban J connectivity index is 1.34. The molecule has 2 amide bonds. The molecule has 1 saturated heterocycles. The minimum atomic E-state index is 0.00375. The first-order chi connectivity index (χ1) is 14.7. The van der Waals surface area contributed by atoms with Gasteiger partial charge in [-0.25, -0.2) is 0 Å². The van der Waals surface area contributed by atoms with Crippen molar-refractivity contribution in [3.05, 3.63) is 59.7 Å². The number of para-hydroxylation sites is 2. The molecular formula is C25H29N3O2. The Morgan fingerprint density at radius 3 is 2.60 bits per heavy atom. The number of nitrogens with one attached hydrogen (secondary N) is 1. The highest BCUT2D eigenvalue weighted by atomic mass is 16.2. The van der Waals surface area contributed by atoms with Gasteiger partial charge in [-0.3, -0.25) is 14.5 Å². The number of nitrogens with zero attached hydrogens (tertiary/aromatic N) is 2. The molecule has 5 rings (SSSR count). The van der Waals surface area contributed by atoms with E-state index >= 15 is 0 Å². The number of hydrogen-bond donors (Lipinski definition) is 1. The van der Waals surface area contributed by atoms with Crippen LogP contribution in [0, 0.1) is 0 Å². The molecular weight excluding hydrogens is 374 g/mol. The van der Waals surface area contributed by atoms with Gasteiger partial charge in [-0.2, -0.15) is 0 Å². The molecule has 2 aliphatic carbocycles. The number of benzene rings is 2. The van der Waals surface area contributed by atoms with Crippen LogP contribution in [-0.4, -0.2) is 35.8 Å². The average Bonchev–Trinajstić information content (AvgIpc) is 3.53. The normalized spacial score (nSPS) is 21.0. The first kappa shape index (κ1) is 19.3. The van der Waals surface area contributed by atoms with Gasteiger partial charge in [0.15, 0.2) is 0 Å². The van der Waals surface area contributed by atoms with Crippen molar-refractivity contribution in [2.75, 3.05) is 23.3 Å². The molecule has 30 heavy (non-hydrogen) atoms. The van der Waals surface area contributed by atoms with Crippen LogP contribution in [0.5, 0.6) is 0 Å². The molecule has 0 aromatic heterocycles. The standard InChI is InChI=1S/C25H29N3O2/c29-24(26-21-10-3-4-11-23(21)27-16-6-13-25(27)30)17-28(19-14-15-19)22-12-5-8-18-7-1-2-9-20(18)22/h1-4,7,9-11,19,22H,5-6,8,12-17H2,(H,26,29). The van der Waals surface area contributed by atoms with Gasteiger partial charge >= 0.3 is 0 Å². The van der Waals surface area contributed by atoms with E-state index < -0.39 is 0 Å². The third kappa shape index (κ3) is 3.86. The van der Waals surface area contributed by atoms with Gasteiger partial charge in [-0.15, -0.1) is 0 Å². The number of aryl methyl sites for hydroxylation is 1. The fraction of sp³-hybridized carbons (Fsp3) is 0.440. The highest BCUT2D eigenvalue weighted by Crippen LogP contribution is 2.40. The fourth-order valence-corrected chi connectivity index (χ4v) is 5.05. The molecule has 2 aromatic carbocycles. The van der Waals surface area contributed by atoms with E-state index in [9.17, 15) is 9.59 Å². The van der Waals surface area contributed by atoms with Crippen molar-refractivity contribution in [1.82, 2.24) is 4.90 Å².